The third-order valence-corrected chi connectivity index (χ3v) is 0. The van der Waals surface area contributed by atoms with E-state index in [-0.39, 0.29) is 509 Å². The van der Waals surface area contributed by atoms with Gasteiger partial charge in [0.15, 0.2) is 0 Å². The van der Waals surface area contributed by atoms with Gasteiger partial charge in [-0.1, -0.05) is 0 Å². The minimum absolute atomic E-state index is 0. The van der Waals surface area contributed by atoms with Crippen molar-refractivity contribution in [3.63, 3.8) is 0 Å². The van der Waals surface area contributed by atoms with Crippen LogP contribution in [0.4, 0.5) is 0 Å². The molecule has 0 unspecified atom stereocenters. The quantitative estimate of drug-likeness (QED) is 0.100. The average molecular weight is 2350 g/mol. The van der Waals surface area contributed by atoms with Crippen molar-refractivity contribution in [3.05, 3.63) is 0 Å². The average Bonchev–Trinajstić information content (AvgIpc) is 3.24. The largest absolute Gasteiger partial charge is 1.00 e. The predicted molar refractivity (Wildman–Crippen MR) is 245 cm³/mol. The van der Waals surface area contributed by atoms with Gasteiger partial charge in [0.1, 0.15) is 0 Å². The molecule has 0 radical (unpaired) electrons. The molecule has 29 N–H and O–H groups in total. The molecule has 0 aliphatic rings. The van der Waals surface area contributed by atoms with Crippen LogP contribution in [0.2, 0.25) is 0 Å². The molecule has 0 spiro atoms. The molecule has 0 bridgehead atoms. The van der Waals surface area contributed by atoms with Gasteiger partial charge in [-0.05, 0) is 0 Å². The zero-order chi connectivity index (χ0) is 100. The number of hydrogen-bond donors (Lipinski definition) is 29. The van der Waals surface area contributed by atoms with E-state index in [1.165, 1.54) is 0 Å². The Morgan fingerprint density at radius 3 is 0.0791 bits per heavy atom. The maximum atomic E-state index is 8.74. The van der Waals surface area contributed by atoms with Gasteiger partial charge in [-0.25, -0.2) is 0 Å². The van der Waals surface area contributed by atoms with Gasteiger partial charge in [-0.15, -0.1) is 0 Å². The van der Waals surface area contributed by atoms with Crippen LogP contribution in [-0.2, 0) is 125 Å². The van der Waals surface area contributed by atoms with Gasteiger partial charge in [0, 0.05) is 119 Å². The van der Waals surface area contributed by atoms with E-state index in [1.807, 2.05) is 0 Å². The van der Waals surface area contributed by atoms with E-state index in [0.29, 0.717) is 0 Å². The number of rotatable bonds is 0. The van der Waals surface area contributed by atoms with Gasteiger partial charge < -0.3 is 331 Å². The summed E-state index contributed by atoms with van der Waals surface area (Å²) in [6, 6.07) is 0. The SMILES string of the molecule is O=[Si](O)O.O=[Si](O)O.O=[Si](O)O.O=[Si](O)O.O=[Si](O)O.O=[Si](O)O.O=[Si](O)O.O=[Si](O)O.O=[Si](O)O.O=[Si](O)O.O=[Si](O)O.O=[Si](O)O.O=[Si](O)O.O=[Si](O)O.O=[Si]([O-])O.O=[Si]([O-])[O-].O=[Si]([O-])[O-].O=[Si]([O-])[O-].O=[Si]([O-])[O-].O=[Si]([O-])[O-].O=[Si]([O-])[O-].O=[Si]([O-])[O-].O=[Si]([O-])[O-].O=[Si]([O-])[O-].O=[Si]([O-])[O-].O=[Si]([O-])[O-].O=[Si]([O-])[O-].O=[Si]([O-])[O-].[Li+].[Li+].[Li+].[Li+].[Li+].[Li+].[Li+].[Li+].[Li+].[Li+].[Li+].[Li+].[Li+].[Li+].[Li+].[Li+].[Li+].[Li+].[Li+].[Li+].[Li+].[Li+].[Li+].[Li+].[Li+].[Li+].[Li+]. The van der Waals surface area contributed by atoms with Crippen molar-refractivity contribution in [1.29, 1.82) is 0 Å². The van der Waals surface area contributed by atoms with Crippen molar-refractivity contribution < 1.29 is 903 Å². The van der Waals surface area contributed by atoms with E-state index in [4.69, 9.17) is 393 Å². The van der Waals surface area contributed by atoms with Crippen molar-refractivity contribution in [1.82, 2.24) is 0 Å². The minimum Gasteiger partial charge on any atom is -0.672 e. The molecule has 139 heteroatoms. The molecular formula is H29Li27O84Si28. The van der Waals surface area contributed by atoms with Crippen molar-refractivity contribution in [2.45, 2.75) is 0 Å². The summed E-state index contributed by atoms with van der Waals surface area (Å²) in [5.74, 6) is 0. The van der Waals surface area contributed by atoms with Gasteiger partial charge in [0.2, 0.25) is 0 Å². The summed E-state index contributed by atoms with van der Waals surface area (Å²) in [4.78, 5) is 438. The molecule has 84 nitrogen and oxygen atoms in total. The van der Waals surface area contributed by atoms with Crippen molar-refractivity contribution in [3.8, 4) is 0 Å². The maximum absolute atomic E-state index is 8.74. The molecule has 672 valence electrons. The Balaban J connectivity index is -0.00000000986. The first kappa shape index (κ1) is 372. The maximum Gasteiger partial charge on any atom is 1.00 e. The van der Waals surface area contributed by atoms with Gasteiger partial charge in [-0.3, -0.25) is 62.5 Å². The Bertz CT molecular complexity index is 1640. The molecule has 0 heterocycles. The Morgan fingerprint density at radius 2 is 0.0791 bits per heavy atom. The smallest absolute Gasteiger partial charge is 0.672 e. The fraction of sp³-hybridized carbons (Fsp3) is 0. The summed E-state index contributed by atoms with van der Waals surface area (Å²) in [5.41, 5.74) is 0. The number of hydrogen-bond acceptors (Lipinski definition) is 55. The van der Waals surface area contributed by atoms with Gasteiger partial charge in [0.25, 0.3) is 0 Å². The van der Waals surface area contributed by atoms with Crippen LogP contribution in [-0.4, -0.2) is 396 Å². The summed E-state index contributed by atoms with van der Waals surface area (Å²) in [6.07, 6.45) is 0. The Labute approximate surface area is 1140 Å². The molecule has 0 saturated heterocycles. The monoisotopic (exact) mass is 2350 g/mol. The van der Waals surface area contributed by atoms with E-state index in [2.05, 4.69) is 0 Å². The van der Waals surface area contributed by atoms with Crippen LogP contribution in [0.25, 0.3) is 0 Å². The molecule has 0 aromatic carbocycles. The molecule has 0 saturated carbocycles. The van der Waals surface area contributed by atoms with Crippen LogP contribution >= 0.6 is 0 Å². The van der Waals surface area contributed by atoms with Crippen molar-refractivity contribution in [2.75, 3.05) is 0 Å². The van der Waals surface area contributed by atoms with E-state index in [0.717, 1.165) is 0 Å². The Kier molecular flexibility index (Phi) is 972. The Morgan fingerprint density at radius 1 is 0.0791 bits per heavy atom. The standard InChI is InChI=1S/27Li.14H2O3Si.HO3Si.13O3Si/c;;;;;;;;;;;;;;;;;;;;;;;;;;;28*1-4(2)3/h;;;;;;;;;;;;;;;;;;;;;;;;;;;14*1-2H;1H;;;;;;;;;;;;;/q27*+1;;;;;;;;;;;;;;;-1;13*-2. The van der Waals surface area contributed by atoms with Crippen LogP contribution in [0.1, 0.15) is 0 Å². The molecule has 0 aliphatic heterocycles. The zero-order valence-corrected chi connectivity index (χ0v) is 104. The topological polar surface area (TPSA) is 1690 Å². The normalized spacial score (nSPS) is 4.83. The molecule has 0 aromatic rings. The molecule has 0 fully saturated rings. The molecule has 0 aliphatic carbocycles. The van der Waals surface area contributed by atoms with Crippen LogP contribution < -0.4 is 639 Å². The third-order valence-electron chi connectivity index (χ3n) is 0. The summed E-state index contributed by atoms with van der Waals surface area (Å²) in [5, 5.41) is 0. The van der Waals surface area contributed by atoms with Crippen LogP contribution in [0, 0.1) is 0 Å². The van der Waals surface area contributed by atoms with Gasteiger partial charge in [-0.2, -0.15) is 0 Å². The first-order valence-corrected chi connectivity index (χ1v) is 53.1. The predicted octanol–water partition coefficient (Wildman–Crippen LogP) is -143. The van der Waals surface area contributed by atoms with E-state index < -0.39 is 257 Å². The molecule has 0 amide bonds. The fourth-order valence-corrected chi connectivity index (χ4v) is 0. The molecule has 0 aromatic heterocycles. The molecule has 0 rings (SSSR count). The summed E-state index contributed by atoms with van der Waals surface area (Å²) < 4.78 is 242. The Hall–Kier alpha value is 5.40. The van der Waals surface area contributed by atoms with Crippen LogP contribution in [0.5, 0.6) is 0 Å². The summed E-state index contributed by atoms with van der Waals surface area (Å²) in [7, 11) is -94.4. The van der Waals surface area contributed by atoms with Crippen molar-refractivity contribution in [2.24, 2.45) is 0 Å². The second-order valence-corrected chi connectivity index (χ2v) is 22.4. The van der Waals surface area contributed by atoms with Gasteiger partial charge >= 0.3 is 647 Å². The van der Waals surface area contributed by atoms with Crippen molar-refractivity contribution >= 4 is 257 Å². The first-order chi connectivity index (χ1) is 48.5. The fourth-order valence-electron chi connectivity index (χ4n) is 0. The third kappa shape index (κ3) is 98200. The minimum atomic E-state index is -3.63. The molecular weight excluding hydrogens is 2320 g/mol. The van der Waals surface area contributed by atoms with Crippen LogP contribution in [0.15, 0.2) is 0 Å². The van der Waals surface area contributed by atoms with E-state index in [1.54, 1.807) is 0 Å². The first-order valence-electron chi connectivity index (χ1n) is 17.7. The van der Waals surface area contributed by atoms with Crippen LogP contribution in [0.3, 0.4) is 0 Å². The van der Waals surface area contributed by atoms with E-state index in [9.17, 15) is 0 Å². The summed E-state index contributed by atoms with van der Waals surface area (Å²) >= 11 is 0. The van der Waals surface area contributed by atoms with Gasteiger partial charge in [0.05, 0.1) is 0 Å². The summed E-state index contributed by atoms with van der Waals surface area (Å²) in [6.45, 7) is 0. The van der Waals surface area contributed by atoms with E-state index >= 15 is 0 Å². The second-order valence-electron chi connectivity index (χ2n) is 7.47. The molecule has 139 heavy (non-hydrogen) atoms. The molecule has 0 atom stereocenters. The zero-order valence-electron chi connectivity index (χ0n) is 76.4. The second kappa shape index (κ2) is 364.